The van der Waals surface area contributed by atoms with Gasteiger partial charge in [0.1, 0.15) is 16.8 Å². The van der Waals surface area contributed by atoms with Crippen molar-refractivity contribution in [2.45, 2.75) is 37.8 Å². The summed E-state index contributed by atoms with van der Waals surface area (Å²) in [6.45, 7) is 0. The molecule has 4 nitrogen and oxygen atoms in total. The van der Waals surface area contributed by atoms with Gasteiger partial charge >= 0.3 is 0 Å². The van der Waals surface area contributed by atoms with Crippen LogP contribution in [0.25, 0.3) is 10.1 Å². The van der Waals surface area contributed by atoms with Gasteiger partial charge in [0, 0.05) is 40.5 Å². The molecule has 0 atom stereocenters. The zero-order chi connectivity index (χ0) is 20.4. The van der Waals surface area contributed by atoms with Crippen LogP contribution >= 0.6 is 11.3 Å². The summed E-state index contributed by atoms with van der Waals surface area (Å²) in [5.74, 6) is -0.485. The summed E-state index contributed by atoms with van der Waals surface area (Å²) in [6.07, 6.45) is 3.78. The van der Waals surface area contributed by atoms with E-state index in [2.05, 4.69) is 35.5 Å². The Hall–Kier alpha value is -2.91. The minimum absolute atomic E-state index is 0.138. The number of rotatable bonds is 4. The summed E-state index contributed by atoms with van der Waals surface area (Å²) < 4.78 is 14.2. The number of anilines is 1. The molecule has 1 heterocycles. The number of carbonyl (C=O) groups excluding carboxylic acids is 1. The van der Waals surface area contributed by atoms with Gasteiger partial charge in [0.05, 0.1) is 0 Å². The molecule has 1 saturated carbocycles. The van der Waals surface area contributed by atoms with Gasteiger partial charge in [0.15, 0.2) is 0 Å². The predicted molar refractivity (Wildman–Crippen MR) is 115 cm³/mol. The molecule has 4 rings (SSSR count). The summed E-state index contributed by atoms with van der Waals surface area (Å²) >= 11 is 1.52. The van der Waals surface area contributed by atoms with Crippen LogP contribution in [0.15, 0.2) is 48.5 Å². The average Bonchev–Trinajstić information content (AvgIpc) is 3.18. The Kier molecular flexibility index (Phi) is 5.50. The number of nitrogens with one attached hydrogen (secondary N) is 1. The lowest BCUT2D eigenvalue weighted by Crippen LogP contribution is -2.43. The third-order valence-electron chi connectivity index (χ3n) is 5.71. The zero-order valence-corrected chi connectivity index (χ0v) is 17.0. The quantitative estimate of drug-likeness (QED) is 0.655. The number of carbonyl (C=O) groups is 1. The van der Waals surface area contributed by atoms with Crippen LogP contribution in [-0.2, 0) is 0 Å². The van der Waals surface area contributed by atoms with Crippen LogP contribution in [0.5, 0.6) is 0 Å². The van der Waals surface area contributed by atoms with Crippen molar-refractivity contribution in [2.24, 2.45) is 0 Å². The second-order valence-electron chi connectivity index (χ2n) is 7.51. The molecule has 0 radical (unpaired) electrons. The second-order valence-corrected chi connectivity index (χ2v) is 8.59. The Morgan fingerprint density at radius 1 is 1.17 bits per heavy atom. The normalized spacial score (nSPS) is 18.9. The summed E-state index contributed by atoms with van der Waals surface area (Å²) in [4.78, 5) is 15.4. The van der Waals surface area contributed by atoms with E-state index < -0.39 is 0 Å². The molecule has 148 valence electrons. The smallest absolute Gasteiger partial charge is 0.251 e. The first kappa shape index (κ1) is 19.4. The van der Waals surface area contributed by atoms with Crippen molar-refractivity contribution in [1.29, 1.82) is 5.26 Å². The second kappa shape index (κ2) is 8.22. The van der Waals surface area contributed by atoms with Gasteiger partial charge in [-0.25, -0.2) is 4.39 Å². The molecular weight excluding hydrogens is 385 g/mol. The van der Waals surface area contributed by atoms with Gasteiger partial charge in [-0.15, -0.1) is 11.3 Å². The van der Waals surface area contributed by atoms with E-state index >= 15 is 0 Å². The highest BCUT2D eigenvalue weighted by atomic mass is 32.1. The SMILES string of the molecule is CN(c1cccc2sc(C#N)cc12)[C@H]1CC[C@@H](NC(=O)c2ccc(F)cc2)CC1. The topological polar surface area (TPSA) is 56.1 Å². The van der Waals surface area contributed by atoms with E-state index in [-0.39, 0.29) is 17.8 Å². The van der Waals surface area contributed by atoms with Crippen molar-refractivity contribution >= 4 is 33.0 Å². The van der Waals surface area contributed by atoms with E-state index in [1.165, 1.54) is 35.6 Å². The van der Waals surface area contributed by atoms with E-state index in [1.807, 2.05) is 12.1 Å². The molecule has 2 aromatic carbocycles. The summed E-state index contributed by atoms with van der Waals surface area (Å²) in [5, 5.41) is 13.4. The zero-order valence-electron chi connectivity index (χ0n) is 16.2. The van der Waals surface area contributed by atoms with E-state index in [0.29, 0.717) is 11.6 Å². The van der Waals surface area contributed by atoms with E-state index in [1.54, 1.807) is 0 Å². The van der Waals surface area contributed by atoms with Gasteiger partial charge in [-0.05, 0) is 68.1 Å². The number of hydrogen-bond acceptors (Lipinski definition) is 4. The predicted octanol–water partition coefficient (Wildman–Crippen LogP) is 5.09. The van der Waals surface area contributed by atoms with Crippen LogP contribution in [0.4, 0.5) is 10.1 Å². The van der Waals surface area contributed by atoms with Gasteiger partial charge < -0.3 is 10.2 Å². The number of thiophene rings is 1. The molecule has 0 unspecified atom stereocenters. The molecule has 1 aliphatic carbocycles. The van der Waals surface area contributed by atoms with Crippen molar-refractivity contribution in [2.75, 3.05) is 11.9 Å². The fourth-order valence-electron chi connectivity index (χ4n) is 4.08. The van der Waals surface area contributed by atoms with Gasteiger partial charge in [0.2, 0.25) is 0 Å². The van der Waals surface area contributed by atoms with Crippen LogP contribution in [0, 0.1) is 17.1 Å². The highest BCUT2D eigenvalue weighted by Crippen LogP contribution is 2.35. The summed E-state index contributed by atoms with van der Waals surface area (Å²) in [5.41, 5.74) is 1.64. The van der Waals surface area contributed by atoms with Gasteiger partial charge in [-0.1, -0.05) is 6.07 Å². The maximum absolute atomic E-state index is 13.0. The number of halogens is 1. The first-order valence-corrected chi connectivity index (χ1v) is 10.6. The molecule has 0 bridgehead atoms. The Balaban J connectivity index is 1.39. The van der Waals surface area contributed by atoms with Crippen molar-refractivity contribution in [3.63, 3.8) is 0 Å². The van der Waals surface area contributed by atoms with Gasteiger partial charge in [0.25, 0.3) is 5.91 Å². The van der Waals surface area contributed by atoms with E-state index in [9.17, 15) is 14.4 Å². The minimum Gasteiger partial charge on any atom is -0.371 e. The van der Waals surface area contributed by atoms with Crippen LogP contribution in [-0.4, -0.2) is 25.0 Å². The number of nitriles is 1. The molecule has 29 heavy (non-hydrogen) atoms. The Morgan fingerprint density at radius 3 is 2.59 bits per heavy atom. The lowest BCUT2D eigenvalue weighted by atomic mass is 9.89. The lowest BCUT2D eigenvalue weighted by molar-refractivity contribution is 0.0926. The first-order valence-electron chi connectivity index (χ1n) is 9.77. The largest absolute Gasteiger partial charge is 0.371 e. The highest BCUT2D eigenvalue weighted by molar-refractivity contribution is 7.19. The summed E-state index contributed by atoms with van der Waals surface area (Å²) in [7, 11) is 2.11. The third kappa shape index (κ3) is 4.10. The van der Waals surface area contributed by atoms with Gasteiger partial charge in [-0.3, -0.25) is 4.79 Å². The molecule has 1 aliphatic rings. The molecule has 1 N–H and O–H groups in total. The van der Waals surface area contributed by atoms with E-state index in [4.69, 9.17) is 0 Å². The van der Waals surface area contributed by atoms with Crippen molar-refractivity contribution in [3.8, 4) is 6.07 Å². The van der Waals surface area contributed by atoms with Crippen molar-refractivity contribution in [3.05, 3.63) is 64.8 Å². The van der Waals surface area contributed by atoms with Crippen molar-refractivity contribution in [1.82, 2.24) is 5.32 Å². The molecule has 1 amide bonds. The fourth-order valence-corrected chi connectivity index (χ4v) is 4.96. The molecule has 1 fully saturated rings. The standard InChI is InChI=1S/C23H22FN3OS/c1-27(21-3-2-4-22-20(21)13-19(14-25)29-22)18-11-9-17(10-12-18)26-23(28)15-5-7-16(24)8-6-15/h2-8,13,17-18H,9-12H2,1H3,(H,26,28)/t17-,18+. The number of nitrogens with zero attached hydrogens (tertiary/aromatic N) is 2. The number of benzene rings is 2. The maximum Gasteiger partial charge on any atom is 0.251 e. The average molecular weight is 408 g/mol. The molecule has 3 aromatic rings. The van der Waals surface area contributed by atoms with Crippen LogP contribution in [0.3, 0.4) is 0 Å². The van der Waals surface area contributed by atoms with E-state index in [0.717, 1.165) is 46.3 Å². The number of hydrogen-bond donors (Lipinski definition) is 1. The number of amides is 1. The Morgan fingerprint density at radius 2 is 1.90 bits per heavy atom. The fraction of sp³-hybridized carbons (Fsp3) is 0.304. The molecular formula is C23H22FN3OS. The molecule has 0 aliphatic heterocycles. The first-order chi connectivity index (χ1) is 14.0. The molecule has 1 aromatic heterocycles. The number of fused-ring (bicyclic) bond motifs is 1. The molecule has 6 heteroatoms. The van der Waals surface area contributed by atoms with Crippen LogP contribution in [0.2, 0.25) is 0 Å². The maximum atomic E-state index is 13.0. The lowest BCUT2D eigenvalue weighted by Gasteiger charge is -2.36. The van der Waals surface area contributed by atoms with Crippen LogP contribution in [0.1, 0.15) is 40.9 Å². The third-order valence-corrected chi connectivity index (χ3v) is 6.72. The minimum atomic E-state index is -0.340. The highest BCUT2D eigenvalue weighted by Gasteiger charge is 2.26. The monoisotopic (exact) mass is 407 g/mol. The van der Waals surface area contributed by atoms with Crippen LogP contribution < -0.4 is 10.2 Å². The molecule has 0 saturated heterocycles. The van der Waals surface area contributed by atoms with Gasteiger partial charge in [-0.2, -0.15) is 5.26 Å². The Bertz CT molecular complexity index is 1060. The van der Waals surface area contributed by atoms with Crippen molar-refractivity contribution < 1.29 is 9.18 Å². The Labute approximate surface area is 173 Å². The molecule has 0 spiro atoms. The summed E-state index contributed by atoms with van der Waals surface area (Å²) in [6, 6.07) is 16.6.